The van der Waals surface area contributed by atoms with E-state index in [0.29, 0.717) is 21.3 Å². The average molecular weight is 312 g/mol. The van der Waals surface area contributed by atoms with E-state index < -0.39 is 0 Å². The number of amides is 1. The van der Waals surface area contributed by atoms with Crippen molar-refractivity contribution in [3.63, 3.8) is 0 Å². The largest absolute Gasteiger partial charge is 0.495 e. The van der Waals surface area contributed by atoms with Gasteiger partial charge in [0.2, 0.25) is 0 Å². The van der Waals surface area contributed by atoms with Crippen LogP contribution in [0.2, 0.25) is 5.02 Å². The third-order valence-corrected chi connectivity index (χ3v) is 3.66. The van der Waals surface area contributed by atoms with Crippen LogP contribution in [-0.2, 0) is 6.42 Å². The first kappa shape index (κ1) is 14.7. The summed E-state index contributed by atoms with van der Waals surface area (Å²) in [6, 6.07) is 5.05. The second-order valence-corrected chi connectivity index (χ2v) is 5.29. The van der Waals surface area contributed by atoms with Crippen molar-refractivity contribution in [1.82, 2.24) is 9.59 Å². The van der Waals surface area contributed by atoms with Gasteiger partial charge in [-0.05, 0) is 36.2 Å². The minimum absolute atomic E-state index is 0.246. The van der Waals surface area contributed by atoms with Crippen LogP contribution in [0.5, 0.6) is 5.75 Å². The maximum absolute atomic E-state index is 12.3. The highest BCUT2D eigenvalue weighted by Crippen LogP contribution is 2.28. The zero-order valence-electron chi connectivity index (χ0n) is 11.1. The summed E-state index contributed by atoms with van der Waals surface area (Å²) >= 11 is 7.02. The monoisotopic (exact) mass is 311 g/mol. The van der Waals surface area contributed by atoms with Crippen molar-refractivity contribution in [2.24, 2.45) is 0 Å². The first-order chi connectivity index (χ1) is 9.65. The number of ether oxygens (including phenoxy) is 1. The molecule has 0 spiro atoms. The van der Waals surface area contributed by atoms with Crippen molar-refractivity contribution in [3.05, 3.63) is 33.8 Å². The van der Waals surface area contributed by atoms with Crippen molar-refractivity contribution >= 4 is 34.7 Å². The topological polar surface area (TPSA) is 64.1 Å². The van der Waals surface area contributed by atoms with E-state index in [4.69, 9.17) is 16.3 Å². The second-order valence-electron chi connectivity index (χ2n) is 4.10. The molecule has 0 aliphatic rings. The number of nitrogens with zero attached hydrogens (tertiary/aromatic N) is 2. The highest BCUT2D eigenvalue weighted by atomic mass is 35.5. The molecule has 2 rings (SSSR count). The predicted octanol–water partition coefficient (Wildman–Crippen LogP) is 3.40. The van der Waals surface area contributed by atoms with Gasteiger partial charge in [0.05, 0.1) is 18.5 Å². The number of hydrogen-bond acceptors (Lipinski definition) is 5. The van der Waals surface area contributed by atoms with E-state index in [9.17, 15) is 4.79 Å². The number of methoxy groups -OCH3 is 1. The molecule has 0 aliphatic carbocycles. The van der Waals surface area contributed by atoms with Gasteiger partial charge in [0.25, 0.3) is 5.91 Å². The van der Waals surface area contributed by atoms with E-state index in [1.807, 2.05) is 6.92 Å². The highest BCUT2D eigenvalue weighted by Gasteiger charge is 2.17. The first-order valence-electron chi connectivity index (χ1n) is 6.11. The summed E-state index contributed by atoms with van der Waals surface area (Å²) in [6.07, 6.45) is 1.64. The van der Waals surface area contributed by atoms with Crippen molar-refractivity contribution in [3.8, 4) is 5.75 Å². The minimum Gasteiger partial charge on any atom is -0.495 e. The number of aromatic nitrogens is 2. The van der Waals surface area contributed by atoms with Crippen molar-refractivity contribution in [2.75, 3.05) is 12.4 Å². The maximum Gasteiger partial charge on any atom is 0.269 e. The lowest BCUT2D eigenvalue weighted by molar-refractivity contribution is 0.102. The molecule has 2 aromatic rings. The van der Waals surface area contributed by atoms with Crippen LogP contribution in [0.25, 0.3) is 0 Å². The molecule has 7 heteroatoms. The van der Waals surface area contributed by atoms with E-state index in [1.54, 1.807) is 18.2 Å². The van der Waals surface area contributed by atoms with E-state index in [1.165, 1.54) is 7.11 Å². The zero-order chi connectivity index (χ0) is 14.5. The molecule has 0 unspecified atom stereocenters. The van der Waals surface area contributed by atoms with Crippen LogP contribution >= 0.6 is 23.1 Å². The molecule has 0 radical (unpaired) electrons. The van der Waals surface area contributed by atoms with Gasteiger partial charge in [0.1, 0.15) is 10.6 Å². The molecule has 0 saturated carbocycles. The van der Waals surface area contributed by atoms with E-state index >= 15 is 0 Å². The Hall–Kier alpha value is -1.66. The number of carbonyl (C=O) groups excluding carboxylic acids is 1. The number of aryl methyl sites for hydroxylation is 1. The van der Waals surface area contributed by atoms with Crippen LogP contribution in [0.4, 0.5) is 5.69 Å². The summed E-state index contributed by atoms with van der Waals surface area (Å²) in [6.45, 7) is 2.03. The van der Waals surface area contributed by atoms with Gasteiger partial charge >= 0.3 is 0 Å². The summed E-state index contributed by atoms with van der Waals surface area (Å²) in [5.74, 6) is 0.307. The average Bonchev–Trinajstić information content (AvgIpc) is 2.88. The quantitative estimate of drug-likeness (QED) is 0.919. The van der Waals surface area contributed by atoms with E-state index in [-0.39, 0.29) is 5.91 Å². The predicted molar refractivity (Wildman–Crippen MR) is 79.9 cm³/mol. The molecule has 106 valence electrons. The lowest BCUT2D eigenvalue weighted by Gasteiger charge is -2.10. The van der Waals surface area contributed by atoms with Gasteiger partial charge in [-0.2, -0.15) is 0 Å². The molecular formula is C13H14ClN3O2S. The molecule has 1 N–H and O–H groups in total. The minimum atomic E-state index is -0.246. The van der Waals surface area contributed by atoms with Gasteiger partial charge in [-0.15, -0.1) is 5.10 Å². The van der Waals surface area contributed by atoms with Gasteiger partial charge in [-0.3, -0.25) is 4.79 Å². The normalized spacial score (nSPS) is 10.3. The first-order valence-corrected chi connectivity index (χ1v) is 7.27. The molecule has 0 saturated heterocycles. The van der Waals surface area contributed by atoms with Gasteiger partial charge in [0.15, 0.2) is 0 Å². The van der Waals surface area contributed by atoms with Crippen LogP contribution in [0.15, 0.2) is 18.2 Å². The number of rotatable bonds is 5. The Kier molecular flexibility index (Phi) is 4.92. The Morgan fingerprint density at radius 2 is 2.30 bits per heavy atom. The molecule has 1 aromatic carbocycles. The Morgan fingerprint density at radius 3 is 3.00 bits per heavy atom. The van der Waals surface area contributed by atoms with Gasteiger partial charge in [-0.1, -0.05) is 29.4 Å². The third-order valence-electron chi connectivity index (χ3n) is 2.66. The number of carbonyl (C=O) groups is 1. The fraction of sp³-hybridized carbons (Fsp3) is 0.308. The molecule has 0 bridgehead atoms. The molecule has 1 heterocycles. The van der Waals surface area contributed by atoms with E-state index in [2.05, 4.69) is 14.9 Å². The molecule has 1 amide bonds. The zero-order valence-corrected chi connectivity index (χ0v) is 12.7. The van der Waals surface area contributed by atoms with Gasteiger partial charge in [0, 0.05) is 5.02 Å². The highest BCUT2D eigenvalue weighted by molar-refractivity contribution is 7.08. The fourth-order valence-corrected chi connectivity index (χ4v) is 2.51. The summed E-state index contributed by atoms with van der Waals surface area (Å²) < 4.78 is 9.03. The van der Waals surface area contributed by atoms with Crippen molar-refractivity contribution in [2.45, 2.75) is 19.8 Å². The molecule has 20 heavy (non-hydrogen) atoms. The summed E-state index contributed by atoms with van der Waals surface area (Å²) in [7, 11) is 1.54. The van der Waals surface area contributed by atoms with Crippen molar-refractivity contribution in [1.29, 1.82) is 0 Å². The van der Waals surface area contributed by atoms with Crippen LogP contribution in [-0.4, -0.2) is 22.6 Å². The van der Waals surface area contributed by atoms with Gasteiger partial charge < -0.3 is 10.1 Å². The number of hydrogen-bond donors (Lipinski definition) is 1. The second kappa shape index (κ2) is 6.67. The standard InChI is InChI=1S/C13H14ClN3O2S/c1-3-4-9-12(20-17-16-9)13(18)15-10-7-8(14)5-6-11(10)19-2/h5-7H,3-4H2,1-2H3,(H,15,18). The summed E-state index contributed by atoms with van der Waals surface area (Å²) in [5.41, 5.74) is 1.25. The SMILES string of the molecule is CCCc1nnsc1C(=O)Nc1cc(Cl)ccc1OC. The molecule has 0 atom stereocenters. The van der Waals surface area contributed by atoms with Crippen LogP contribution in [0.1, 0.15) is 28.7 Å². The van der Waals surface area contributed by atoms with Crippen molar-refractivity contribution < 1.29 is 9.53 Å². The number of halogens is 1. The molecular weight excluding hydrogens is 298 g/mol. The third kappa shape index (κ3) is 3.26. The Balaban J connectivity index is 2.23. The Morgan fingerprint density at radius 1 is 1.50 bits per heavy atom. The number of nitrogens with one attached hydrogen (secondary N) is 1. The lowest BCUT2D eigenvalue weighted by atomic mass is 10.2. The summed E-state index contributed by atoms with van der Waals surface area (Å²) in [5, 5.41) is 7.29. The molecule has 0 aliphatic heterocycles. The maximum atomic E-state index is 12.3. The lowest BCUT2D eigenvalue weighted by Crippen LogP contribution is -2.13. The molecule has 1 aromatic heterocycles. The summed E-state index contributed by atoms with van der Waals surface area (Å²) in [4.78, 5) is 12.8. The molecule has 5 nitrogen and oxygen atoms in total. The smallest absolute Gasteiger partial charge is 0.269 e. The van der Waals surface area contributed by atoms with Gasteiger partial charge in [-0.25, -0.2) is 0 Å². The number of benzene rings is 1. The Bertz CT molecular complexity index is 615. The molecule has 0 fully saturated rings. The fourth-order valence-electron chi connectivity index (χ4n) is 1.74. The van der Waals surface area contributed by atoms with Crippen LogP contribution in [0, 0.1) is 0 Å². The number of anilines is 1. The van der Waals surface area contributed by atoms with Crippen LogP contribution < -0.4 is 10.1 Å². The van der Waals surface area contributed by atoms with Crippen LogP contribution in [0.3, 0.4) is 0 Å². The Labute approximate surface area is 126 Å². The van der Waals surface area contributed by atoms with E-state index in [0.717, 1.165) is 30.1 Å².